The molecule has 0 aliphatic heterocycles. The minimum atomic E-state index is -0.704. The quantitative estimate of drug-likeness (QED) is 0.0606. The van der Waals surface area contributed by atoms with Crippen LogP contribution < -0.4 is 10.6 Å². The average molecular weight is 744 g/mol. The maximum Gasteiger partial charge on any atom is 0.254 e. The van der Waals surface area contributed by atoms with E-state index in [2.05, 4.69) is 29.5 Å². The molecule has 2 aromatic rings. The summed E-state index contributed by atoms with van der Waals surface area (Å²) in [5.41, 5.74) is 0.993. The Balaban J connectivity index is 1.74. The maximum absolute atomic E-state index is 13.9. The molecular weight excluding hydrogens is 666 g/mol. The van der Waals surface area contributed by atoms with Crippen molar-refractivity contribution >= 4 is 22.7 Å². The van der Waals surface area contributed by atoms with Crippen molar-refractivity contribution in [1.29, 1.82) is 0 Å². The highest BCUT2D eigenvalue weighted by Crippen LogP contribution is 2.20. The van der Waals surface area contributed by atoms with E-state index in [1.54, 1.807) is 12.3 Å². The lowest BCUT2D eigenvalue weighted by Gasteiger charge is -2.22. The van der Waals surface area contributed by atoms with Crippen LogP contribution in [0.1, 0.15) is 198 Å². The third-order valence-corrected chi connectivity index (χ3v) is 10.4. The number of rotatable bonds is 36. The van der Waals surface area contributed by atoms with Gasteiger partial charge in [-0.3, -0.25) is 9.59 Å². The molecule has 8 heteroatoms. The summed E-state index contributed by atoms with van der Waals surface area (Å²) in [5.74, 6) is -1.06. The number of benzene rings is 1. The largest absolute Gasteiger partial charge is 0.379 e. The third-order valence-electron chi connectivity index (χ3n) is 10.4. The second-order valence-corrected chi connectivity index (χ2v) is 15.3. The van der Waals surface area contributed by atoms with Gasteiger partial charge in [-0.2, -0.15) is 0 Å². The van der Waals surface area contributed by atoms with E-state index < -0.39 is 17.8 Å². The summed E-state index contributed by atoms with van der Waals surface area (Å²) < 4.78 is 26.3. The van der Waals surface area contributed by atoms with Crippen LogP contribution >= 0.6 is 0 Å². The maximum atomic E-state index is 13.9. The van der Waals surface area contributed by atoms with E-state index in [9.17, 15) is 14.0 Å². The van der Waals surface area contributed by atoms with Gasteiger partial charge in [0.05, 0.1) is 18.3 Å². The number of fused-ring (bicyclic) bond motifs is 1. The Morgan fingerprint density at radius 1 is 0.679 bits per heavy atom. The fraction of sp³-hybridized carbons (Fsp3) is 0.778. The number of hydrogen-bond donors (Lipinski definition) is 3. The predicted octanol–water partition coefficient (Wildman–Crippen LogP) is 12.1. The van der Waals surface area contributed by atoms with Gasteiger partial charge < -0.3 is 25.1 Å². The van der Waals surface area contributed by atoms with Gasteiger partial charge in [0.25, 0.3) is 5.91 Å². The number of nitrogens with one attached hydrogen (secondary N) is 3. The third kappa shape index (κ3) is 22.5. The van der Waals surface area contributed by atoms with Crippen LogP contribution in [0.15, 0.2) is 24.4 Å². The molecule has 2 amide bonds. The van der Waals surface area contributed by atoms with Gasteiger partial charge in [-0.1, -0.05) is 168 Å². The summed E-state index contributed by atoms with van der Waals surface area (Å²) in [6, 6.07) is 3.60. The monoisotopic (exact) mass is 744 g/mol. The number of amides is 2. The van der Waals surface area contributed by atoms with Crippen LogP contribution in [-0.2, 0) is 14.3 Å². The number of aromatic amines is 1. The van der Waals surface area contributed by atoms with Crippen LogP contribution in [0, 0.1) is 5.82 Å². The molecule has 0 fully saturated rings. The van der Waals surface area contributed by atoms with Crippen LogP contribution in [-0.4, -0.2) is 55.3 Å². The molecule has 1 heterocycles. The van der Waals surface area contributed by atoms with E-state index >= 15 is 0 Å². The Kier molecular flexibility index (Phi) is 28.1. The van der Waals surface area contributed by atoms with Crippen molar-refractivity contribution in [2.75, 3.05) is 26.4 Å². The molecular formula is C45H78FN3O4. The molecule has 0 saturated heterocycles. The van der Waals surface area contributed by atoms with Gasteiger partial charge in [-0.05, 0) is 37.5 Å². The lowest BCUT2D eigenvalue weighted by Crippen LogP contribution is -2.49. The van der Waals surface area contributed by atoms with Gasteiger partial charge in [0.1, 0.15) is 11.9 Å². The Bertz CT molecular complexity index is 1190. The van der Waals surface area contributed by atoms with Crippen molar-refractivity contribution < 1.29 is 23.5 Å². The summed E-state index contributed by atoms with van der Waals surface area (Å²) in [4.78, 5) is 29.6. The number of carbonyl (C=O) groups is 2. The summed E-state index contributed by atoms with van der Waals surface area (Å²) in [5, 5.41) is 6.41. The molecule has 0 bridgehead atoms. The SMILES string of the molecule is CCCCCCCCCCCCCCOCC(CNC(=O)C(CCC)NC(=O)c1c[nH]c2ccc(F)cc12)OCCCCCCCCCCCCCC. The highest BCUT2D eigenvalue weighted by molar-refractivity contribution is 6.07. The molecule has 7 nitrogen and oxygen atoms in total. The van der Waals surface area contributed by atoms with Crippen molar-refractivity contribution in [2.45, 2.75) is 200 Å². The van der Waals surface area contributed by atoms with E-state index in [0.29, 0.717) is 49.3 Å². The highest BCUT2D eigenvalue weighted by atomic mass is 19.1. The fourth-order valence-electron chi connectivity index (χ4n) is 7.03. The fourth-order valence-corrected chi connectivity index (χ4v) is 7.03. The minimum absolute atomic E-state index is 0.244. The van der Waals surface area contributed by atoms with Gasteiger partial charge in [-0.25, -0.2) is 4.39 Å². The van der Waals surface area contributed by atoms with E-state index in [-0.39, 0.29) is 12.0 Å². The van der Waals surface area contributed by atoms with E-state index in [1.165, 1.54) is 147 Å². The molecule has 0 aliphatic rings. The Hall–Kier alpha value is -2.45. The van der Waals surface area contributed by atoms with E-state index in [4.69, 9.17) is 9.47 Å². The molecule has 53 heavy (non-hydrogen) atoms. The summed E-state index contributed by atoms with van der Waals surface area (Å²) >= 11 is 0. The molecule has 0 saturated carbocycles. The number of aromatic nitrogens is 1. The molecule has 3 N–H and O–H groups in total. The minimum Gasteiger partial charge on any atom is -0.379 e. The Labute approximate surface area is 323 Å². The first-order chi connectivity index (χ1) is 26.0. The van der Waals surface area contributed by atoms with Crippen LogP contribution in [0.2, 0.25) is 0 Å². The molecule has 304 valence electrons. The molecule has 1 aromatic heterocycles. The zero-order chi connectivity index (χ0) is 38.2. The molecule has 2 unspecified atom stereocenters. The van der Waals surface area contributed by atoms with Crippen LogP contribution in [0.25, 0.3) is 10.9 Å². The normalized spacial score (nSPS) is 12.7. The zero-order valence-corrected chi connectivity index (χ0v) is 34.2. The van der Waals surface area contributed by atoms with Gasteiger partial charge >= 0.3 is 0 Å². The van der Waals surface area contributed by atoms with E-state index in [1.807, 2.05) is 6.92 Å². The molecule has 2 rings (SSSR count). The lowest BCUT2D eigenvalue weighted by atomic mass is 10.1. The Morgan fingerprint density at radius 3 is 1.72 bits per heavy atom. The Morgan fingerprint density at radius 2 is 1.19 bits per heavy atom. The predicted molar refractivity (Wildman–Crippen MR) is 220 cm³/mol. The van der Waals surface area contributed by atoms with Crippen LogP contribution in [0.3, 0.4) is 0 Å². The number of H-pyrrole nitrogens is 1. The summed E-state index contributed by atoms with van der Waals surface area (Å²) in [6.07, 6.45) is 33.8. The number of halogens is 1. The standard InChI is InChI=1S/C45H78FN3O4/c1-4-7-9-11-13-15-17-19-21-23-25-27-32-52-37-39(53-33-28-26-24-22-20-18-16-14-12-10-8-5-2)35-48-45(51)43(29-6-3)49-44(50)41-36-47-42-31-30-38(46)34-40(41)42/h30-31,34,36,39,43,47H,4-29,32-33,35,37H2,1-3H3,(H,48,51)(H,49,50). The number of hydrogen-bond acceptors (Lipinski definition) is 4. The van der Waals surface area contributed by atoms with Crippen molar-refractivity contribution in [1.82, 2.24) is 15.6 Å². The van der Waals surface area contributed by atoms with Gasteiger partial charge in [-0.15, -0.1) is 0 Å². The summed E-state index contributed by atoms with van der Waals surface area (Å²) in [6.45, 7) is 8.62. The second kappa shape index (κ2) is 31.9. The summed E-state index contributed by atoms with van der Waals surface area (Å²) in [7, 11) is 0. The van der Waals surface area contributed by atoms with Gasteiger partial charge in [0.15, 0.2) is 0 Å². The first-order valence-corrected chi connectivity index (χ1v) is 22.0. The molecule has 0 radical (unpaired) electrons. The smallest absolute Gasteiger partial charge is 0.254 e. The molecule has 2 atom stereocenters. The van der Waals surface area contributed by atoms with Crippen molar-refractivity contribution in [3.63, 3.8) is 0 Å². The molecule has 0 spiro atoms. The van der Waals surface area contributed by atoms with Crippen molar-refractivity contribution in [2.24, 2.45) is 0 Å². The van der Waals surface area contributed by atoms with Gasteiger partial charge in [0.2, 0.25) is 5.91 Å². The number of carbonyl (C=O) groups excluding carboxylic acids is 2. The first kappa shape index (κ1) is 46.7. The number of unbranched alkanes of at least 4 members (excludes halogenated alkanes) is 22. The van der Waals surface area contributed by atoms with Crippen molar-refractivity contribution in [3.05, 3.63) is 35.8 Å². The average Bonchev–Trinajstić information content (AvgIpc) is 3.58. The second-order valence-electron chi connectivity index (χ2n) is 15.3. The highest BCUT2D eigenvalue weighted by Gasteiger charge is 2.23. The molecule has 1 aromatic carbocycles. The zero-order valence-electron chi connectivity index (χ0n) is 34.2. The van der Waals surface area contributed by atoms with E-state index in [0.717, 1.165) is 25.7 Å². The lowest BCUT2D eigenvalue weighted by molar-refractivity contribution is -0.124. The van der Waals surface area contributed by atoms with Crippen LogP contribution in [0.5, 0.6) is 0 Å². The topological polar surface area (TPSA) is 92.5 Å². The van der Waals surface area contributed by atoms with Crippen LogP contribution in [0.4, 0.5) is 4.39 Å². The van der Waals surface area contributed by atoms with Crippen molar-refractivity contribution in [3.8, 4) is 0 Å². The van der Waals surface area contributed by atoms with Gasteiger partial charge in [0, 0.05) is 36.9 Å². The molecule has 0 aliphatic carbocycles. The first-order valence-electron chi connectivity index (χ1n) is 22.0. The number of ether oxygens (including phenoxy) is 2.